The van der Waals surface area contributed by atoms with Gasteiger partial charge in [0.25, 0.3) is 0 Å². The third kappa shape index (κ3) is 2.75. The van der Waals surface area contributed by atoms with Crippen molar-refractivity contribution in [3.63, 3.8) is 0 Å². The van der Waals surface area contributed by atoms with Crippen molar-refractivity contribution in [2.75, 3.05) is 14.1 Å². The first-order valence-electron chi connectivity index (χ1n) is 6.87. The first-order chi connectivity index (χ1) is 9.01. The number of nitrogens with one attached hydrogen (secondary N) is 1. The molecule has 1 aromatic heterocycles. The number of hydrazine groups is 1. The van der Waals surface area contributed by atoms with Crippen molar-refractivity contribution in [1.82, 2.24) is 10.3 Å². The predicted molar refractivity (Wildman–Crippen MR) is 80.5 cm³/mol. The standard InChI is InChI=1S/C14H24BrN3O/c1-10-4-7-14(8-5-10,18(2)3)13(17-16)12-11(15)6-9-19-12/h6,9-10,13,17H,4-5,7-8,16H2,1-3H3. The molecule has 3 N–H and O–H groups in total. The van der Waals surface area contributed by atoms with E-state index in [9.17, 15) is 0 Å². The minimum atomic E-state index is -0.000579. The van der Waals surface area contributed by atoms with E-state index in [0.29, 0.717) is 0 Å². The number of furan rings is 1. The summed E-state index contributed by atoms with van der Waals surface area (Å²) in [5.41, 5.74) is 3.00. The normalized spacial score (nSPS) is 29.7. The molecule has 1 fully saturated rings. The van der Waals surface area contributed by atoms with E-state index in [1.165, 1.54) is 12.8 Å². The van der Waals surface area contributed by atoms with E-state index in [4.69, 9.17) is 10.3 Å². The monoisotopic (exact) mass is 329 g/mol. The quantitative estimate of drug-likeness (QED) is 0.658. The minimum Gasteiger partial charge on any atom is -0.466 e. The SMILES string of the molecule is CC1CCC(C(NN)c2occc2Br)(N(C)C)CC1. The van der Waals surface area contributed by atoms with Crippen LogP contribution in [0.2, 0.25) is 0 Å². The van der Waals surface area contributed by atoms with Gasteiger partial charge in [0.15, 0.2) is 0 Å². The Morgan fingerprint density at radius 1 is 1.47 bits per heavy atom. The van der Waals surface area contributed by atoms with Crippen molar-refractivity contribution < 1.29 is 4.42 Å². The summed E-state index contributed by atoms with van der Waals surface area (Å²) in [4.78, 5) is 2.30. The van der Waals surface area contributed by atoms with Crippen molar-refractivity contribution in [3.05, 3.63) is 22.6 Å². The Kier molecular flexibility index (Phi) is 4.71. The largest absolute Gasteiger partial charge is 0.466 e. The average Bonchev–Trinajstić information content (AvgIpc) is 2.79. The van der Waals surface area contributed by atoms with Crippen LogP contribution in [0.25, 0.3) is 0 Å². The molecule has 4 nitrogen and oxygen atoms in total. The second-order valence-corrected chi connectivity index (χ2v) is 6.77. The van der Waals surface area contributed by atoms with Gasteiger partial charge < -0.3 is 9.32 Å². The molecular formula is C14H24BrN3O. The first kappa shape index (κ1) is 15.0. The maximum Gasteiger partial charge on any atom is 0.138 e. The molecule has 0 bridgehead atoms. The Morgan fingerprint density at radius 2 is 2.11 bits per heavy atom. The lowest BCUT2D eigenvalue weighted by molar-refractivity contribution is 0.0349. The number of halogens is 1. The number of likely N-dealkylation sites (N-methyl/N-ethyl adjacent to an activating group) is 1. The summed E-state index contributed by atoms with van der Waals surface area (Å²) in [6, 6.07) is 1.92. The number of nitrogens with zero attached hydrogens (tertiary/aromatic N) is 1. The van der Waals surface area contributed by atoms with Crippen molar-refractivity contribution in [1.29, 1.82) is 0 Å². The zero-order valence-corrected chi connectivity index (χ0v) is 13.5. The first-order valence-corrected chi connectivity index (χ1v) is 7.67. The molecule has 1 atom stereocenters. The van der Waals surface area contributed by atoms with E-state index in [2.05, 4.69) is 47.3 Å². The molecule has 1 aliphatic rings. The number of hydrogen-bond acceptors (Lipinski definition) is 4. The molecule has 0 spiro atoms. The summed E-state index contributed by atoms with van der Waals surface area (Å²) in [6.07, 6.45) is 6.42. The smallest absolute Gasteiger partial charge is 0.138 e. The van der Waals surface area contributed by atoms with Crippen LogP contribution in [0.1, 0.15) is 44.4 Å². The molecule has 1 heterocycles. The molecule has 5 heteroatoms. The van der Waals surface area contributed by atoms with Crippen LogP contribution in [0, 0.1) is 5.92 Å². The van der Waals surface area contributed by atoms with E-state index in [0.717, 1.165) is 29.0 Å². The van der Waals surface area contributed by atoms with E-state index in [-0.39, 0.29) is 11.6 Å². The zero-order chi connectivity index (χ0) is 14.0. The van der Waals surface area contributed by atoms with Gasteiger partial charge in [0.05, 0.1) is 16.8 Å². The van der Waals surface area contributed by atoms with Crippen molar-refractivity contribution in [3.8, 4) is 0 Å². The second kappa shape index (κ2) is 5.95. The third-order valence-electron chi connectivity index (χ3n) is 4.64. The van der Waals surface area contributed by atoms with Gasteiger partial charge in [0, 0.05) is 5.54 Å². The highest BCUT2D eigenvalue weighted by Crippen LogP contribution is 2.44. The molecule has 0 saturated heterocycles. The fraction of sp³-hybridized carbons (Fsp3) is 0.714. The van der Waals surface area contributed by atoms with Crippen LogP contribution in [0.4, 0.5) is 0 Å². The van der Waals surface area contributed by atoms with E-state index < -0.39 is 0 Å². The van der Waals surface area contributed by atoms with Crippen molar-refractivity contribution in [2.45, 2.75) is 44.2 Å². The maximum absolute atomic E-state index is 5.86. The number of hydrogen-bond donors (Lipinski definition) is 2. The number of rotatable bonds is 4. The van der Waals surface area contributed by atoms with Gasteiger partial charge in [-0.05, 0) is 67.7 Å². The Labute approximate surface area is 123 Å². The van der Waals surface area contributed by atoms with Crippen LogP contribution in [0.5, 0.6) is 0 Å². The Hall–Kier alpha value is -0.360. The summed E-state index contributed by atoms with van der Waals surface area (Å²) in [7, 11) is 4.27. The molecule has 2 rings (SSSR count). The van der Waals surface area contributed by atoms with Crippen LogP contribution >= 0.6 is 15.9 Å². The fourth-order valence-corrected chi connectivity index (χ4v) is 3.67. The van der Waals surface area contributed by atoms with Crippen molar-refractivity contribution >= 4 is 15.9 Å². The maximum atomic E-state index is 5.86. The minimum absolute atomic E-state index is 0.000579. The molecular weight excluding hydrogens is 306 g/mol. The molecule has 1 aromatic rings. The lowest BCUT2D eigenvalue weighted by Crippen LogP contribution is -2.56. The average molecular weight is 330 g/mol. The lowest BCUT2D eigenvalue weighted by Gasteiger charge is -2.48. The Balaban J connectivity index is 2.34. The van der Waals surface area contributed by atoms with E-state index in [1.807, 2.05) is 6.07 Å². The molecule has 0 amide bonds. The highest BCUT2D eigenvalue weighted by atomic mass is 79.9. The van der Waals surface area contributed by atoms with Gasteiger partial charge in [-0.15, -0.1) is 0 Å². The van der Waals surface area contributed by atoms with Crippen LogP contribution in [-0.4, -0.2) is 24.5 Å². The molecule has 1 aliphatic carbocycles. The molecule has 108 valence electrons. The Bertz CT molecular complexity index is 411. The molecule has 0 aliphatic heterocycles. The van der Waals surface area contributed by atoms with Crippen LogP contribution in [0.3, 0.4) is 0 Å². The third-order valence-corrected chi connectivity index (χ3v) is 5.30. The van der Waals surface area contributed by atoms with Gasteiger partial charge in [-0.1, -0.05) is 6.92 Å². The zero-order valence-electron chi connectivity index (χ0n) is 11.9. The Morgan fingerprint density at radius 3 is 2.53 bits per heavy atom. The summed E-state index contributed by atoms with van der Waals surface area (Å²) in [5, 5.41) is 0. The van der Waals surface area contributed by atoms with Gasteiger partial charge >= 0.3 is 0 Å². The van der Waals surface area contributed by atoms with Crippen LogP contribution in [0.15, 0.2) is 21.2 Å². The van der Waals surface area contributed by atoms with E-state index >= 15 is 0 Å². The van der Waals surface area contributed by atoms with Crippen LogP contribution in [-0.2, 0) is 0 Å². The predicted octanol–water partition coefficient (Wildman–Crippen LogP) is 3.06. The molecule has 0 radical (unpaired) electrons. The highest BCUT2D eigenvalue weighted by Gasteiger charge is 2.45. The van der Waals surface area contributed by atoms with Crippen molar-refractivity contribution in [2.24, 2.45) is 11.8 Å². The van der Waals surface area contributed by atoms with E-state index in [1.54, 1.807) is 6.26 Å². The fourth-order valence-electron chi connectivity index (χ4n) is 3.24. The second-order valence-electron chi connectivity index (χ2n) is 5.91. The van der Waals surface area contributed by atoms with Gasteiger partial charge in [0.2, 0.25) is 0 Å². The highest BCUT2D eigenvalue weighted by molar-refractivity contribution is 9.10. The van der Waals surface area contributed by atoms with Gasteiger partial charge in [-0.25, -0.2) is 5.43 Å². The number of nitrogens with two attached hydrogens (primary N) is 1. The lowest BCUT2D eigenvalue weighted by atomic mass is 9.71. The van der Waals surface area contributed by atoms with Crippen LogP contribution < -0.4 is 11.3 Å². The topological polar surface area (TPSA) is 54.4 Å². The van der Waals surface area contributed by atoms with Gasteiger partial charge in [-0.2, -0.15) is 0 Å². The van der Waals surface area contributed by atoms with Gasteiger partial charge in [-0.3, -0.25) is 5.84 Å². The molecule has 0 aromatic carbocycles. The summed E-state index contributed by atoms with van der Waals surface area (Å²) < 4.78 is 6.64. The van der Waals surface area contributed by atoms with Gasteiger partial charge in [0.1, 0.15) is 5.76 Å². The molecule has 19 heavy (non-hydrogen) atoms. The summed E-state index contributed by atoms with van der Waals surface area (Å²) in [6.45, 7) is 2.33. The summed E-state index contributed by atoms with van der Waals surface area (Å²) >= 11 is 3.55. The summed E-state index contributed by atoms with van der Waals surface area (Å²) in [5.74, 6) is 7.56. The molecule has 1 unspecified atom stereocenters. The molecule has 1 saturated carbocycles.